The number of rotatable bonds is 44. The van der Waals surface area contributed by atoms with E-state index in [1.807, 2.05) is 22.7 Å². The molecule has 0 radical (unpaired) electrons. The van der Waals surface area contributed by atoms with Gasteiger partial charge in [0.1, 0.15) is 0 Å². The molecule has 5 heterocycles. The van der Waals surface area contributed by atoms with Crippen LogP contribution in [0.1, 0.15) is 350 Å². The fraction of sp³-hybridized carbons (Fsp3) is 0.556. The SMILES string of the molecule is CCCCCCc1cc(CCCCCC)cc(C2(c3cc(CCCCCC)cc(CCCCCC)c3)c3ccsc3-c3sc4c5c(sc4c32)-c2sc3ccsc3c2C5(c2cc(CCCCCC)cc(CCCCCC)c2)c2cc(CCCCCC)cc(CCCCCC)c2)c1. The summed E-state index contributed by atoms with van der Waals surface area (Å²) in [5.74, 6) is 0. The molecule has 95 heavy (non-hydrogen) atoms. The molecular weight excluding hydrogens is 1240 g/mol. The minimum absolute atomic E-state index is 0.466. The van der Waals surface area contributed by atoms with Crippen LogP contribution >= 0.6 is 56.7 Å². The van der Waals surface area contributed by atoms with Crippen LogP contribution in [-0.2, 0) is 62.2 Å². The van der Waals surface area contributed by atoms with Crippen LogP contribution in [0.2, 0.25) is 0 Å². The van der Waals surface area contributed by atoms with Crippen molar-refractivity contribution in [2.45, 2.75) is 323 Å². The van der Waals surface area contributed by atoms with Gasteiger partial charge in [-0.25, -0.2) is 0 Å². The first-order valence-electron chi connectivity index (χ1n) is 39.5. The highest BCUT2D eigenvalue weighted by Crippen LogP contribution is 2.71. The fourth-order valence-corrected chi connectivity index (χ4v) is 23.8. The highest BCUT2D eigenvalue weighted by Gasteiger charge is 2.56. The van der Waals surface area contributed by atoms with Crippen LogP contribution in [-0.4, -0.2) is 0 Å². The Hall–Kier alpha value is -4.10. The minimum Gasteiger partial charge on any atom is -0.143 e. The van der Waals surface area contributed by atoms with E-state index >= 15 is 0 Å². The van der Waals surface area contributed by atoms with Crippen LogP contribution < -0.4 is 0 Å². The fourth-order valence-electron chi connectivity index (χ4n) is 16.9. The molecular formula is C90H120S5. The zero-order chi connectivity index (χ0) is 66.0. The molecule has 5 heteroatoms. The number of unbranched alkanes of at least 4 members (excludes halogenated alkanes) is 24. The average Bonchev–Trinajstić information content (AvgIpc) is 1.49. The van der Waals surface area contributed by atoms with Gasteiger partial charge >= 0.3 is 0 Å². The maximum absolute atomic E-state index is 2.81. The standard InChI is InChI=1S/C90H120S5/c1-9-17-25-33-41-65-53-66(42-34-26-18-10-2)58-73(57-65)89(74-59-67(43-35-27-19-11-3)54-68(60-74)44-36-28-20-12-4)77-49-51-91-82(77)84-80(89)86-88(94-84)81-87(95-86)85-79(83-78(93-85)50-52-92-83)90(81,75-61-69(45-37-29-21-13-5)55-70(62-75)46-38-30-22-14-6)76-63-71(47-39-31-23-15-7)56-72(64-76)48-40-32-24-16-8/h49-64H,9-48H2,1-8H3. The molecule has 0 spiro atoms. The molecule has 0 unspecified atom stereocenters. The summed E-state index contributed by atoms with van der Waals surface area (Å²) in [5.41, 5.74) is 24.1. The van der Waals surface area contributed by atoms with Crippen molar-refractivity contribution in [2.75, 3.05) is 0 Å². The molecule has 0 aliphatic heterocycles. The molecule has 0 amide bonds. The normalized spacial score (nSPS) is 13.6. The van der Waals surface area contributed by atoms with Gasteiger partial charge in [-0.2, -0.15) is 0 Å². The second kappa shape index (κ2) is 35.8. The van der Waals surface area contributed by atoms with Gasteiger partial charge in [-0.1, -0.05) is 282 Å². The molecule has 9 aromatic rings. The maximum Gasteiger partial charge on any atom is 0.0759 e. The van der Waals surface area contributed by atoms with Gasteiger partial charge in [-0.05, 0) is 198 Å². The lowest BCUT2D eigenvalue weighted by Crippen LogP contribution is -2.30. The maximum atomic E-state index is 2.81. The molecule has 0 bridgehead atoms. The first-order valence-corrected chi connectivity index (χ1v) is 43.7. The van der Waals surface area contributed by atoms with Crippen molar-refractivity contribution in [3.63, 3.8) is 0 Å². The average molecular weight is 1360 g/mol. The highest BCUT2D eigenvalue weighted by molar-refractivity contribution is 7.36. The van der Waals surface area contributed by atoms with E-state index in [0.717, 1.165) is 51.4 Å². The Balaban J connectivity index is 1.25. The van der Waals surface area contributed by atoms with Gasteiger partial charge in [-0.15, -0.1) is 56.7 Å². The third kappa shape index (κ3) is 16.1. The molecule has 2 aliphatic carbocycles. The van der Waals surface area contributed by atoms with E-state index in [9.17, 15) is 0 Å². The van der Waals surface area contributed by atoms with Crippen LogP contribution in [0, 0.1) is 0 Å². The summed E-state index contributed by atoms with van der Waals surface area (Å²) in [7, 11) is 0. The molecule has 0 saturated heterocycles. The van der Waals surface area contributed by atoms with Gasteiger partial charge < -0.3 is 0 Å². The molecule has 4 aromatic carbocycles. The first kappa shape index (κ1) is 72.2. The summed E-state index contributed by atoms with van der Waals surface area (Å²) in [4.78, 5) is 6.22. The van der Waals surface area contributed by atoms with Gasteiger partial charge in [0.25, 0.3) is 0 Å². The van der Waals surface area contributed by atoms with Crippen LogP contribution in [0.4, 0.5) is 0 Å². The van der Waals surface area contributed by atoms with Gasteiger partial charge in [-0.3, -0.25) is 0 Å². The lowest BCUT2D eigenvalue weighted by Gasteiger charge is -2.35. The summed E-state index contributed by atoms with van der Waals surface area (Å²) in [5, 5.41) is 4.93. The van der Waals surface area contributed by atoms with E-state index in [1.165, 1.54) is 220 Å². The zero-order valence-corrected chi connectivity index (χ0v) is 64.6. The second-order valence-electron chi connectivity index (χ2n) is 29.5. The van der Waals surface area contributed by atoms with E-state index in [2.05, 4.69) is 185 Å². The van der Waals surface area contributed by atoms with Crippen LogP contribution in [0.25, 0.3) is 38.3 Å². The Morgan fingerprint density at radius 3 is 0.821 bits per heavy atom. The van der Waals surface area contributed by atoms with Gasteiger partial charge in [0, 0.05) is 26.3 Å². The first-order chi connectivity index (χ1) is 46.8. The molecule has 11 rings (SSSR count). The van der Waals surface area contributed by atoms with Gasteiger partial charge in [0.15, 0.2) is 0 Å². The summed E-state index contributed by atoms with van der Waals surface area (Å²) < 4.78 is 6.16. The lowest BCUT2D eigenvalue weighted by atomic mass is 9.66. The van der Waals surface area contributed by atoms with E-state index in [0.29, 0.717) is 0 Å². The number of thiophene rings is 5. The Morgan fingerprint density at radius 1 is 0.242 bits per heavy atom. The van der Waals surface area contributed by atoms with E-state index < -0.39 is 10.8 Å². The monoisotopic (exact) mass is 1360 g/mol. The Labute approximate surface area is 598 Å². The van der Waals surface area contributed by atoms with Crippen molar-refractivity contribution in [2.24, 2.45) is 0 Å². The Morgan fingerprint density at radius 2 is 0.505 bits per heavy atom. The van der Waals surface area contributed by atoms with Crippen molar-refractivity contribution in [1.82, 2.24) is 0 Å². The van der Waals surface area contributed by atoms with Crippen molar-refractivity contribution in [3.8, 4) is 19.5 Å². The third-order valence-corrected chi connectivity index (χ3v) is 27.9. The highest BCUT2D eigenvalue weighted by atomic mass is 32.1. The van der Waals surface area contributed by atoms with Crippen LogP contribution in [0.3, 0.4) is 0 Å². The summed E-state index contributed by atoms with van der Waals surface area (Å²) in [6.07, 6.45) is 50.3. The van der Waals surface area contributed by atoms with Crippen molar-refractivity contribution in [3.05, 3.63) is 185 Å². The summed E-state index contributed by atoms with van der Waals surface area (Å²) in [6.45, 7) is 19.0. The predicted molar refractivity (Wildman–Crippen MR) is 428 cm³/mol. The number of fused-ring (bicyclic) bond motifs is 11. The summed E-state index contributed by atoms with van der Waals surface area (Å²) >= 11 is 10.7. The largest absolute Gasteiger partial charge is 0.143 e. The van der Waals surface area contributed by atoms with Crippen molar-refractivity contribution < 1.29 is 0 Å². The number of hydrogen-bond acceptors (Lipinski definition) is 5. The number of hydrogen-bond donors (Lipinski definition) is 0. The molecule has 510 valence electrons. The molecule has 5 aromatic heterocycles. The molecule has 0 N–H and O–H groups in total. The Bertz CT molecular complexity index is 3570. The molecule has 0 saturated carbocycles. The van der Waals surface area contributed by atoms with Gasteiger partial charge in [0.2, 0.25) is 0 Å². The smallest absolute Gasteiger partial charge is 0.0759 e. The topological polar surface area (TPSA) is 0 Å². The van der Waals surface area contributed by atoms with Crippen LogP contribution in [0.15, 0.2) is 95.7 Å². The lowest BCUT2D eigenvalue weighted by molar-refractivity contribution is 0.656. The molecule has 0 nitrogen and oxygen atoms in total. The summed E-state index contributed by atoms with van der Waals surface area (Å²) in [6, 6.07) is 38.2. The quantitative estimate of drug-likeness (QED) is 0.0334. The van der Waals surface area contributed by atoms with Crippen molar-refractivity contribution >= 4 is 75.5 Å². The number of aryl methyl sites for hydroxylation is 8. The molecule has 0 atom stereocenters. The number of benzene rings is 4. The van der Waals surface area contributed by atoms with Crippen LogP contribution in [0.5, 0.6) is 0 Å². The molecule has 0 fully saturated rings. The third-order valence-electron chi connectivity index (χ3n) is 21.9. The predicted octanol–water partition coefficient (Wildman–Crippen LogP) is 30.0. The van der Waals surface area contributed by atoms with Crippen molar-refractivity contribution in [1.29, 1.82) is 0 Å². The minimum atomic E-state index is -0.491. The van der Waals surface area contributed by atoms with E-state index in [4.69, 9.17) is 0 Å². The van der Waals surface area contributed by atoms with E-state index in [1.54, 1.807) is 113 Å². The Kier molecular flexibility index (Phi) is 27.2. The zero-order valence-electron chi connectivity index (χ0n) is 60.6. The van der Waals surface area contributed by atoms with Gasteiger partial charge in [0.05, 0.1) is 39.6 Å². The van der Waals surface area contributed by atoms with E-state index in [-0.39, 0.29) is 0 Å². The molecule has 2 aliphatic rings. The second-order valence-corrected chi connectivity index (χ2v) is 34.4.